The molecule has 4 heteroatoms. The van der Waals surface area contributed by atoms with Gasteiger partial charge in [0.1, 0.15) is 5.82 Å². The summed E-state index contributed by atoms with van der Waals surface area (Å²) in [7, 11) is 0. The van der Waals surface area contributed by atoms with Gasteiger partial charge < -0.3 is 4.90 Å². The van der Waals surface area contributed by atoms with E-state index in [2.05, 4.69) is 12.2 Å². The average Bonchev–Trinajstić information content (AvgIpc) is 3.06. The fourth-order valence-corrected chi connectivity index (χ4v) is 5.51. The van der Waals surface area contributed by atoms with Gasteiger partial charge in [-0.15, -0.1) is 0 Å². The van der Waals surface area contributed by atoms with Crippen LogP contribution in [-0.2, 0) is 11.3 Å². The summed E-state index contributed by atoms with van der Waals surface area (Å²) in [5.74, 6) is -0.292. The second kappa shape index (κ2) is 8.68. The summed E-state index contributed by atoms with van der Waals surface area (Å²) in [6.07, 6.45) is 5.88. The van der Waals surface area contributed by atoms with Crippen molar-refractivity contribution in [3.8, 4) is 11.1 Å². The van der Waals surface area contributed by atoms with Crippen molar-refractivity contribution in [1.82, 2.24) is 4.90 Å². The van der Waals surface area contributed by atoms with Crippen LogP contribution in [0.2, 0.25) is 0 Å². The van der Waals surface area contributed by atoms with Gasteiger partial charge in [0.2, 0.25) is 5.91 Å². The number of likely N-dealkylation sites (tertiary alicyclic amines) is 1. The second-order valence-electron chi connectivity index (χ2n) is 9.64. The van der Waals surface area contributed by atoms with Gasteiger partial charge in [-0.05, 0) is 42.5 Å². The molecule has 1 aliphatic carbocycles. The van der Waals surface area contributed by atoms with Crippen molar-refractivity contribution in [1.29, 1.82) is 0 Å². The molecule has 0 bridgehead atoms. The zero-order valence-corrected chi connectivity index (χ0v) is 19.5. The predicted molar refractivity (Wildman–Crippen MR) is 132 cm³/mol. The minimum atomic E-state index is -0.526. The third-order valence-corrected chi connectivity index (χ3v) is 7.47. The second-order valence-corrected chi connectivity index (χ2v) is 9.64. The monoisotopic (exact) mass is 453 g/mol. The first-order valence-electron chi connectivity index (χ1n) is 11.8. The van der Waals surface area contributed by atoms with Gasteiger partial charge in [0.25, 0.3) is 0 Å². The maximum atomic E-state index is 15.7. The molecule has 1 saturated heterocycles. The zero-order valence-electron chi connectivity index (χ0n) is 19.5. The van der Waals surface area contributed by atoms with E-state index < -0.39 is 5.41 Å². The van der Waals surface area contributed by atoms with Crippen LogP contribution in [-0.4, -0.2) is 16.6 Å². The summed E-state index contributed by atoms with van der Waals surface area (Å²) in [5, 5.41) is 0. The quantitative estimate of drug-likeness (QED) is 0.316. The summed E-state index contributed by atoms with van der Waals surface area (Å²) in [5.41, 5.74) is 3.29. The van der Waals surface area contributed by atoms with Crippen molar-refractivity contribution >= 4 is 11.7 Å². The molecule has 172 valence electrons. The van der Waals surface area contributed by atoms with Crippen LogP contribution < -0.4 is 0 Å². The first-order valence-corrected chi connectivity index (χ1v) is 11.8. The lowest BCUT2D eigenvalue weighted by atomic mass is 9.69. The third-order valence-electron chi connectivity index (χ3n) is 7.47. The first kappa shape index (κ1) is 22.3. The largest absolute Gasteiger partial charge is 0.330 e. The van der Waals surface area contributed by atoms with E-state index in [0.29, 0.717) is 17.7 Å². The van der Waals surface area contributed by atoms with Gasteiger partial charge in [-0.1, -0.05) is 85.8 Å². The van der Waals surface area contributed by atoms with E-state index >= 15 is 4.39 Å². The zero-order chi connectivity index (χ0) is 23.9. The van der Waals surface area contributed by atoms with Gasteiger partial charge in [-0.3, -0.25) is 9.59 Å². The fourth-order valence-electron chi connectivity index (χ4n) is 5.51. The van der Waals surface area contributed by atoms with Gasteiger partial charge in [-0.2, -0.15) is 0 Å². The lowest BCUT2D eigenvalue weighted by Crippen LogP contribution is -2.34. The van der Waals surface area contributed by atoms with Gasteiger partial charge >= 0.3 is 0 Å². The standard InChI is InChI=1S/C30H28FNO2/c1-20(33)22-11-13-23(14-12-22)24-15-16-25(27(31)18-24)28-26-10-6-7-17-30(26,2)29(34)32(28)19-21-8-4-3-5-9-21/h3-6,8-16,18,26,28H,7,17,19H2,1-2H3/t26-,28-,30+/m0/s1. The van der Waals surface area contributed by atoms with Gasteiger partial charge in [0.05, 0.1) is 11.5 Å². The number of fused-ring (bicyclic) bond motifs is 1. The number of rotatable bonds is 5. The van der Waals surface area contributed by atoms with Crippen LogP contribution in [0.1, 0.15) is 54.2 Å². The number of hydrogen-bond donors (Lipinski definition) is 0. The normalized spacial score (nSPS) is 23.7. The Hall–Kier alpha value is -3.53. The van der Waals surface area contributed by atoms with E-state index in [1.54, 1.807) is 18.2 Å². The Morgan fingerprint density at radius 2 is 1.74 bits per heavy atom. The summed E-state index contributed by atoms with van der Waals surface area (Å²) >= 11 is 0. The number of nitrogens with zero attached hydrogens (tertiary/aromatic N) is 1. The van der Waals surface area contributed by atoms with E-state index in [9.17, 15) is 9.59 Å². The van der Waals surface area contributed by atoms with Crippen molar-refractivity contribution < 1.29 is 14.0 Å². The Bertz CT molecular complexity index is 1260. The molecule has 0 aromatic heterocycles. The molecule has 2 aliphatic rings. The Kier molecular flexibility index (Phi) is 5.68. The fraction of sp³-hybridized carbons (Fsp3) is 0.267. The van der Waals surface area contributed by atoms with Crippen LogP contribution >= 0.6 is 0 Å². The molecule has 1 amide bonds. The van der Waals surface area contributed by atoms with Crippen LogP contribution in [0, 0.1) is 17.2 Å². The van der Waals surface area contributed by atoms with Crippen LogP contribution in [0.4, 0.5) is 4.39 Å². The van der Waals surface area contributed by atoms with Crippen molar-refractivity contribution in [3.05, 3.63) is 107 Å². The maximum Gasteiger partial charge on any atom is 0.230 e. The first-order chi connectivity index (χ1) is 16.4. The lowest BCUT2D eigenvalue weighted by molar-refractivity contribution is -0.137. The number of carbonyl (C=O) groups is 2. The molecule has 0 spiro atoms. The molecule has 1 heterocycles. The van der Waals surface area contributed by atoms with E-state index in [1.807, 2.05) is 66.4 Å². The van der Waals surface area contributed by atoms with E-state index in [-0.39, 0.29) is 29.5 Å². The van der Waals surface area contributed by atoms with Crippen molar-refractivity contribution in [2.45, 2.75) is 39.3 Å². The van der Waals surface area contributed by atoms with Crippen molar-refractivity contribution in [3.63, 3.8) is 0 Å². The van der Waals surface area contributed by atoms with E-state index in [1.165, 1.54) is 6.92 Å². The van der Waals surface area contributed by atoms with Gasteiger partial charge in [0.15, 0.2) is 5.78 Å². The number of ketones is 1. The number of Topliss-reactive ketones (excluding diaryl/α,β-unsaturated/α-hetero) is 1. The molecule has 0 N–H and O–H groups in total. The van der Waals surface area contributed by atoms with Gasteiger partial charge in [-0.25, -0.2) is 4.39 Å². The Labute approximate surface area is 199 Å². The van der Waals surface area contributed by atoms with Crippen LogP contribution in [0.15, 0.2) is 84.9 Å². The summed E-state index contributed by atoms with van der Waals surface area (Å²) in [6, 6.07) is 22.0. The summed E-state index contributed by atoms with van der Waals surface area (Å²) in [6.45, 7) is 4.02. The molecule has 1 fully saturated rings. The smallest absolute Gasteiger partial charge is 0.230 e. The minimum absolute atomic E-state index is 0.000993. The molecular weight excluding hydrogens is 425 g/mol. The highest BCUT2D eigenvalue weighted by atomic mass is 19.1. The molecule has 3 nitrogen and oxygen atoms in total. The van der Waals surface area contributed by atoms with E-state index in [4.69, 9.17) is 0 Å². The Morgan fingerprint density at radius 3 is 2.41 bits per heavy atom. The maximum absolute atomic E-state index is 15.7. The molecule has 0 saturated carbocycles. The SMILES string of the molecule is CC(=O)c1ccc(-c2ccc([C@H]3[C@@H]4C=CCC[C@@]4(C)C(=O)N3Cc3ccccc3)c(F)c2)cc1. The molecule has 34 heavy (non-hydrogen) atoms. The Balaban J connectivity index is 1.54. The molecule has 1 aliphatic heterocycles. The predicted octanol–water partition coefficient (Wildman–Crippen LogP) is 6.75. The number of allylic oxidation sites excluding steroid dienone is 1. The van der Waals surface area contributed by atoms with Crippen molar-refractivity contribution in [2.75, 3.05) is 0 Å². The Morgan fingerprint density at radius 1 is 1.03 bits per heavy atom. The number of halogens is 1. The van der Waals surface area contributed by atoms with Crippen LogP contribution in [0.3, 0.4) is 0 Å². The molecule has 3 atom stereocenters. The number of amides is 1. The summed E-state index contributed by atoms with van der Waals surface area (Å²) < 4.78 is 15.7. The number of benzene rings is 3. The topological polar surface area (TPSA) is 37.4 Å². The highest BCUT2D eigenvalue weighted by Gasteiger charge is 2.56. The molecule has 3 aromatic carbocycles. The molecule has 0 unspecified atom stereocenters. The highest BCUT2D eigenvalue weighted by molar-refractivity contribution is 5.94. The van der Waals surface area contributed by atoms with Gasteiger partial charge in [0, 0.05) is 23.6 Å². The lowest BCUT2D eigenvalue weighted by Gasteiger charge is -2.32. The van der Waals surface area contributed by atoms with Crippen molar-refractivity contribution in [2.24, 2.45) is 11.3 Å². The molecule has 3 aromatic rings. The average molecular weight is 454 g/mol. The molecule has 5 rings (SSSR count). The van der Waals surface area contributed by atoms with E-state index in [0.717, 1.165) is 29.5 Å². The number of hydrogen-bond acceptors (Lipinski definition) is 2. The third kappa shape index (κ3) is 3.77. The minimum Gasteiger partial charge on any atom is -0.330 e. The van der Waals surface area contributed by atoms with Crippen LogP contribution in [0.25, 0.3) is 11.1 Å². The highest BCUT2D eigenvalue weighted by Crippen LogP contribution is 2.54. The number of carbonyl (C=O) groups excluding carboxylic acids is 2. The molecular formula is C30H28FNO2. The molecule has 0 radical (unpaired) electrons. The summed E-state index contributed by atoms with van der Waals surface area (Å²) in [4.78, 5) is 27.1. The van der Waals surface area contributed by atoms with Crippen LogP contribution in [0.5, 0.6) is 0 Å².